The number of aromatic nitrogens is 2. The number of aromatic amines is 1. The largest absolute Gasteiger partial charge is 0.454 e. The first kappa shape index (κ1) is 23.8. The minimum Gasteiger partial charge on any atom is -0.454 e. The third-order valence-electron chi connectivity index (χ3n) is 5.64. The third-order valence-corrected chi connectivity index (χ3v) is 7.43. The Kier molecular flexibility index (Phi) is 5.92. The predicted octanol–water partition coefficient (Wildman–Crippen LogP) is 4.06. The summed E-state index contributed by atoms with van der Waals surface area (Å²) in [6, 6.07) is 11.5. The van der Waals surface area contributed by atoms with Crippen molar-refractivity contribution in [3.8, 4) is 11.5 Å². The summed E-state index contributed by atoms with van der Waals surface area (Å²) in [5, 5.41) is 0.576. The van der Waals surface area contributed by atoms with Gasteiger partial charge in [-0.1, -0.05) is 12.1 Å². The zero-order valence-corrected chi connectivity index (χ0v) is 19.3. The Hall–Kier alpha value is -3.90. The molecule has 12 heteroatoms. The summed E-state index contributed by atoms with van der Waals surface area (Å²) in [7, 11) is -4.45. The van der Waals surface area contributed by atoms with Crippen molar-refractivity contribution in [2.24, 2.45) is 0 Å². The van der Waals surface area contributed by atoms with Gasteiger partial charge in [0.1, 0.15) is 0 Å². The van der Waals surface area contributed by atoms with Crippen molar-refractivity contribution in [1.29, 1.82) is 0 Å². The smallest absolute Gasteiger partial charge is 0.416 e. The zero-order valence-electron chi connectivity index (χ0n) is 18.4. The molecule has 4 aromatic rings. The second kappa shape index (κ2) is 8.95. The highest BCUT2D eigenvalue weighted by molar-refractivity contribution is 7.89. The number of H-pyrrole nitrogens is 1. The fraction of sp³-hybridized carbons (Fsp3) is 0.167. The van der Waals surface area contributed by atoms with Crippen LogP contribution in [0.2, 0.25) is 0 Å². The Morgan fingerprint density at radius 1 is 1.00 bits per heavy atom. The fourth-order valence-electron chi connectivity index (χ4n) is 3.85. The Morgan fingerprint density at radius 2 is 1.78 bits per heavy atom. The van der Waals surface area contributed by atoms with E-state index in [0.717, 1.165) is 22.5 Å². The monoisotopic (exact) mass is 517 g/mol. The van der Waals surface area contributed by atoms with E-state index in [2.05, 4.69) is 9.97 Å². The maximum Gasteiger partial charge on any atom is 0.416 e. The summed E-state index contributed by atoms with van der Waals surface area (Å²) in [5.74, 6) is 0.945. The van der Waals surface area contributed by atoms with Crippen molar-refractivity contribution in [2.45, 2.75) is 24.2 Å². The molecule has 2 aromatic heterocycles. The van der Waals surface area contributed by atoms with Crippen molar-refractivity contribution < 1.29 is 31.1 Å². The van der Waals surface area contributed by atoms with E-state index >= 15 is 0 Å². The number of sulfonamides is 1. The molecule has 0 unspecified atom stereocenters. The van der Waals surface area contributed by atoms with Crippen molar-refractivity contribution in [3.05, 3.63) is 94.0 Å². The number of nitrogens with one attached hydrogen (secondary N) is 1. The van der Waals surface area contributed by atoms with Gasteiger partial charge in [-0.05, 0) is 42.0 Å². The SMILES string of the molecule is O=c1[nH]c2cc3c(cc2cc1CN(Cc1cccnc1)S(=O)(=O)c1cccc(C(F)(F)F)c1)OCO3. The van der Waals surface area contributed by atoms with Crippen LogP contribution in [0.5, 0.6) is 11.5 Å². The summed E-state index contributed by atoms with van der Waals surface area (Å²) in [6.07, 6.45) is -1.77. The minimum atomic E-state index is -4.72. The van der Waals surface area contributed by atoms with E-state index in [1.165, 1.54) is 18.5 Å². The quantitative estimate of drug-likeness (QED) is 0.414. The van der Waals surface area contributed by atoms with Gasteiger partial charge in [-0.2, -0.15) is 17.5 Å². The van der Waals surface area contributed by atoms with E-state index in [9.17, 15) is 26.4 Å². The molecule has 8 nitrogen and oxygen atoms in total. The second-order valence-electron chi connectivity index (χ2n) is 8.08. The molecule has 0 bridgehead atoms. The molecule has 3 heterocycles. The number of ether oxygens (including phenoxy) is 2. The Morgan fingerprint density at radius 3 is 2.50 bits per heavy atom. The van der Waals surface area contributed by atoms with E-state index in [1.54, 1.807) is 24.3 Å². The molecule has 1 N–H and O–H groups in total. The van der Waals surface area contributed by atoms with E-state index < -0.39 is 38.8 Å². The first-order valence-corrected chi connectivity index (χ1v) is 12.1. The first-order chi connectivity index (χ1) is 17.1. The number of alkyl halides is 3. The standard InChI is InChI=1S/C24H18F3N3O5S/c25-24(26,27)18-4-1-5-19(9-18)36(32,33)30(12-15-3-2-6-28-11-15)13-17-7-16-8-21-22(35-14-34-21)10-20(16)29-23(17)31/h1-11H,12-14H2,(H,29,31). The minimum absolute atomic E-state index is 0.0386. The Bertz CT molecular complexity index is 1610. The highest BCUT2D eigenvalue weighted by Crippen LogP contribution is 2.35. The second-order valence-corrected chi connectivity index (χ2v) is 10.0. The summed E-state index contributed by atoms with van der Waals surface area (Å²) in [4.78, 5) is 19.0. The normalized spacial score (nSPS) is 13.4. The van der Waals surface area contributed by atoms with Crippen molar-refractivity contribution in [3.63, 3.8) is 0 Å². The van der Waals surface area contributed by atoms with Gasteiger partial charge in [-0.15, -0.1) is 0 Å². The molecule has 1 aliphatic heterocycles. The molecule has 1 aliphatic rings. The van der Waals surface area contributed by atoms with E-state index in [4.69, 9.17) is 9.47 Å². The molecule has 36 heavy (non-hydrogen) atoms. The zero-order chi connectivity index (χ0) is 25.5. The number of hydrogen-bond acceptors (Lipinski definition) is 6. The van der Waals surface area contributed by atoms with Gasteiger partial charge in [-0.25, -0.2) is 8.42 Å². The number of fused-ring (bicyclic) bond motifs is 2. The lowest BCUT2D eigenvalue weighted by molar-refractivity contribution is -0.137. The lowest BCUT2D eigenvalue weighted by atomic mass is 10.1. The summed E-state index contributed by atoms with van der Waals surface area (Å²) in [5.41, 5.74) is -0.580. The lowest BCUT2D eigenvalue weighted by Crippen LogP contribution is -2.32. The summed E-state index contributed by atoms with van der Waals surface area (Å²) in [6.45, 7) is -0.574. The summed E-state index contributed by atoms with van der Waals surface area (Å²) < 4.78 is 78.5. The van der Waals surface area contributed by atoms with Crippen molar-refractivity contribution >= 4 is 20.9 Å². The van der Waals surface area contributed by atoms with Gasteiger partial charge in [0.25, 0.3) is 5.56 Å². The lowest BCUT2D eigenvalue weighted by Gasteiger charge is -2.23. The molecule has 0 aliphatic carbocycles. The highest BCUT2D eigenvalue weighted by Gasteiger charge is 2.33. The molecule has 0 fully saturated rings. The number of halogens is 3. The van der Waals surface area contributed by atoms with Gasteiger partial charge in [0, 0.05) is 42.5 Å². The van der Waals surface area contributed by atoms with Gasteiger partial charge < -0.3 is 14.5 Å². The molecule has 5 rings (SSSR count). The molecule has 186 valence electrons. The number of pyridine rings is 2. The van der Waals surface area contributed by atoms with Crippen LogP contribution in [0.25, 0.3) is 10.9 Å². The highest BCUT2D eigenvalue weighted by atomic mass is 32.2. The molecule has 0 saturated carbocycles. The molecule has 0 spiro atoms. The molecular formula is C24H18F3N3O5S. The molecule has 0 saturated heterocycles. The van der Waals surface area contributed by atoms with Crippen molar-refractivity contribution in [2.75, 3.05) is 6.79 Å². The molecule has 0 radical (unpaired) electrons. The maximum atomic E-state index is 13.5. The predicted molar refractivity (Wildman–Crippen MR) is 123 cm³/mol. The van der Waals surface area contributed by atoms with Crippen LogP contribution >= 0.6 is 0 Å². The Balaban J connectivity index is 1.57. The van der Waals surface area contributed by atoms with E-state index in [-0.39, 0.29) is 18.9 Å². The van der Waals surface area contributed by atoms with Crippen molar-refractivity contribution in [1.82, 2.24) is 14.3 Å². The van der Waals surface area contributed by atoms with E-state index in [0.29, 0.717) is 34.0 Å². The Labute approximate surface area is 203 Å². The fourth-order valence-corrected chi connectivity index (χ4v) is 5.30. The molecule has 0 atom stereocenters. The van der Waals surface area contributed by atoms with Crippen LogP contribution in [0.1, 0.15) is 16.7 Å². The van der Waals surface area contributed by atoms with E-state index in [1.807, 2.05) is 0 Å². The summed E-state index contributed by atoms with van der Waals surface area (Å²) >= 11 is 0. The number of hydrogen-bond donors (Lipinski definition) is 1. The van der Waals surface area contributed by atoms with Gasteiger partial charge in [0.15, 0.2) is 11.5 Å². The molecular weight excluding hydrogens is 499 g/mol. The maximum absolute atomic E-state index is 13.5. The number of benzene rings is 2. The van der Waals surface area contributed by atoms with Gasteiger partial charge in [0.05, 0.1) is 16.0 Å². The van der Waals surface area contributed by atoms with Crippen LogP contribution in [0.15, 0.2) is 76.7 Å². The van der Waals surface area contributed by atoms with Crippen LogP contribution in [0.3, 0.4) is 0 Å². The van der Waals surface area contributed by atoms with Crippen LogP contribution in [0.4, 0.5) is 13.2 Å². The van der Waals surface area contributed by atoms with Crippen LogP contribution < -0.4 is 15.0 Å². The number of nitrogens with zero attached hydrogens (tertiary/aromatic N) is 2. The third kappa shape index (κ3) is 4.64. The topological polar surface area (TPSA) is 102 Å². The van der Waals surface area contributed by atoms with Crippen LogP contribution in [-0.2, 0) is 29.3 Å². The average Bonchev–Trinajstić information content (AvgIpc) is 3.30. The van der Waals surface area contributed by atoms with Gasteiger partial charge in [-0.3, -0.25) is 9.78 Å². The van der Waals surface area contributed by atoms with Crippen LogP contribution in [-0.4, -0.2) is 29.5 Å². The van der Waals surface area contributed by atoms with Gasteiger partial charge >= 0.3 is 6.18 Å². The first-order valence-electron chi connectivity index (χ1n) is 10.6. The average molecular weight is 517 g/mol. The number of rotatable bonds is 6. The molecule has 2 aromatic carbocycles. The van der Waals surface area contributed by atoms with Crippen LogP contribution in [0, 0.1) is 0 Å². The van der Waals surface area contributed by atoms with Gasteiger partial charge in [0.2, 0.25) is 16.8 Å². The molecule has 0 amide bonds.